The first-order valence-corrected chi connectivity index (χ1v) is 15.1. The summed E-state index contributed by atoms with van der Waals surface area (Å²) >= 11 is 0. The number of hydrogen-bond donors (Lipinski definition) is 0. The van der Waals surface area contributed by atoms with Crippen molar-refractivity contribution in [2.24, 2.45) is 11.8 Å². The van der Waals surface area contributed by atoms with Crippen LogP contribution in [0.3, 0.4) is 0 Å². The molecule has 2 aliphatic heterocycles. The molecule has 2 fully saturated rings. The largest absolute Gasteiger partial charge is 0.466 e. The lowest BCUT2D eigenvalue weighted by atomic mass is 9.92. The fourth-order valence-corrected chi connectivity index (χ4v) is 7.46. The molecule has 10 heteroatoms. The van der Waals surface area contributed by atoms with E-state index < -0.39 is 10.0 Å². The van der Waals surface area contributed by atoms with Gasteiger partial charge in [0, 0.05) is 32.1 Å². The molecule has 0 aliphatic carbocycles. The summed E-state index contributed by atoms with van der Waals surface area (Å²) < 4.78 is 39.3. The van der Waals surface area contributed by atoms with E-state index in [1.54, 1.807) is 19.9 Å². The molecule has 9 nitrogen and oxygen atoms in total. The highest BCUT2D eigenvalue weighted by Gasteiger charge is 2.38. The van der Waals surface area contributed by atoms with Crippen LogP contribution in [0, 0.1) is 39.5 Å². The van der Waals surface area contributed by atoms with E-state index in [2.05, 4.69) is 17.3 Å². The third kappa shape index (κ3) is 6.27. The number of piperidine rings is 2. The van der Waals surface area contributed by atoms with Crippen LogP contribution < -0.4 is 0 Å². The zero-order chi connectivity index (χ0) is 28.3. The molecule has 2 aromatic rings. The summed E-state index contributed by atoms with van der Waals surface area (Å²) in [5.74, 6) is -0.330. The number of esters is 1. The summed E-state index contributed by atoms with van der Waals surface area (Å²) in [6.07, 6.45) is 5.65. The molecule has 2 aliphatic rings. The monoisotopic (exact) mass is 557 g/mol. The second-order valence-corrected chi connectivity index (χ2v) is 12.5. The standard InChI is InChI=1S/C29H39N3O6S/c1-6-37-29(34)24-9-13-31(14-10-24)28(33)23-11-15-32(16-12-23)39(35,36)27-22(5)30-38-26(27)8-7-25-20(3)17-19(2)18-21(25)4/h7-8,17-18,23-24H,6,9-16H2,1-5H3. The molecule has 0 spiro atoms. The van der Waals surface area contributed by atoms with Crippen LogP contribution in [0.1, 0.15) is 66.3 Å². The van der Waals surface area contributed by atoms with Crippen molar-refractivity contribution in [2.45, 2.75) is 65.2 Å². The van der Waals surface area contributed by atoms with Gasteiger partial charge in [-0.3, -0.25) is 9.59 Å². The highest BCUT2D eigenvalue weighted by atomic mass is 32.2. The number of likely N-dealkylation sites (tertiary alicyclic amines) is 1. The molecule has 1 amide bonds. The van der Waals surface area contributed by atoms with Gasteiger partial charge in [0.2, 0.25) is 15.9 Å². The van der Waals surface area contributed by atoms with Gasteiger partial charge in [-0.15, -0.1) is 0 Å². The van der Waals surface area contributed by atoms with Gasteiger partial charge in [0.05, 0.1) is 12.5 Å². The van der Waals surface area contributed by atoms with E-state index in [9.17, 15) is 18.0 Å². The van der Waals surface area contributed by atoms with E-state index in [0.717, 1.165) is 16.7 Å². The maximum Gasteiger partial charge on any atom is 0.309 e. The molecule has 0 saturated carbocycles. The van der Waals surface area contributed by atoms with Crippen molar-refractivity contribution in [2.75, 3.05) is 32.8 Å². The van der Waals surface area contributed by atoms with Crippen molar-refractivity contribution >= 4 is 34.1 Å². The number of rotatable bonds is 7. The van der Waals surface area contributed by atoms with Crippen LogP contribution in [0.15, 0.2) is 21.6 Å². The van der Waals surface area contributed by atoms with Gasteiger partial charge in [0.1, 0.15) is 5.69 Å². The van der Waals surface area contributed by atoms with Crippen molar-refractivity contribution in [3.63, 3.8) is 0 Å². The molecule has 0 unspecified atom stereocenters. The van der Waals surface area contributed by atoms with Crippen molar-refractivity contribution in [3.05, 3.63) is 45.8 Å². The van der Waals surface area contributed by atoms with Crippen LogP contribution in [0.4, 0.5) is 0 Å². The molecule has 1 aromatic heterocycles. The van der Waals surface area contributed by atoms with Crippen LogP contribution >= 0.6 is 0 Å². The van der Waals surface area contributed by atoms with Gasteiger partial charge in [0.25, 0.3) is 0 Å². The summed E-state index contributed by atoms with van der Waals surface area (Å²) in [4.78, 5) is 27.0. The zero-order valence-electron chi connectivity index (χ0n) is 23.5. The third-order valence-corrected chi connectivity index (χ3v) is 9.86. The second-order valence-electron chi connectivity index (χ2n) is 10.6. The number of amides is 1. The minimum Gasteiger partial charge on any atom is -0.466 e. The molecule has 212 valence electrons. The van der Waals surface area contributed by atoms with Gasteiger partial charge in [-0.1, -0.05) is 28.9 Å². The van der Waals surface area contributed by atoms with Gasteiger partial charge < -0.3 is 14.2 Å². The summed E-state index contributed by atoms with van der Waals surface area (Å²) in [6.45, 7) is 11.4. The lowest BCUT2D eigenvalue weighted by Crippen LogP contribution is -2.47. The van der Waals surface area contributed by atoms with Crippen LogP contribution in [-0.4, -0.2) is 67.4 Å². The van der Waals surface area contributed by atoms with Crippen molar-refractivity contribution < 1.29 is 27.3 Å². The van der Waals surface area contributed by atoms with Crippen LogP contribution in [-0.2, 0) is 24.3 Å². The number of aromatic nitrogens is 1. The predicted molar refractivity (Wildman–Crippen MR) is 148 cm³/mol. The minimum absolute atomic E-state index is 0.0444. The number of sulfonamides is 1. The first kappa shape index (κ1) is 29.0. The Bertz CT molecular complexity index is 1320. The fraction of sp³-hybridized carbons (Fsp3) is 0.552. The quantitative estimate of drug-likeness (QED) is 0.467. The Morgan fingerprint density at radius 1 is 0.974 bits per heavy atom. The zero-order valence-corrected chi connectivity index (χ0v) is 24.3. The highest BCUT2D eigenvalue weighted by Crippen LogP contribution is 2.31. The molecule has 0 atom stereocenters. The predicted octanol–water partition coefficient (Wildman–Crippen LogP) is 4.28. The molecule has 1 aromatic carbocycles. The summed E-state index contributed by atoms with van der Waals surface area (Å²) in [5, 5.41) is 3.96. The Morgan fingerprint density at radius 2 is 1.56 bits per heavy atom. The summed E-state index contributed by atoms with van der Waals surface area (Å²) in [7, 11) is -3.86. The number of carbonyl (C=O) groups is 2. The number of benzene rings is 1. The average Bonchev–Trinajstić information content (AvgIpc) is 3.29. The number of ether oxygens (including phenoxy) is 1. The summed E-state index contributed by atoms with van der Waals surface area (Å²) in [5.41, 5.74) is 4.70. The first-order chi connectivity index (χ1) is 18.5. The van der Waals surface area contributed by atoms with Crippen LogP contribution in [0.2, 0.25) is 0 Å². The Morgan fingerprint density at radius 3 is 2.15 bits per heavy atom. The van der Waals surface area contributed by atoms with Gasteiger partial charge >= 0.3 is 5.97 Å². The molecule has 3 heterocycles. The lowest BCUT2D eigenvalue weighted by molar-refractivity contribution is -0.152. The minimum atomic E-state index is -3.86. The fourth-order valence-electron chi connectivity index (χ4n) is 5.74. The summed E-state index contributed by atoms with van der Waals surface area (Å²) in [6, 6.07) is 4.17. The Labute approximate surface area is 231 Å². The van der Waals surface area contributed by atoms with E-state index >= 15 is 0 Å². The van der Waals surface area contributed by atoms with Gasteiger partial charge in [-0.2, -0.15) is 4.31 Å². The maximum atomic E-state index is 13.7. The normalized spacial score (nSPS) is 18.1. The Kier molecular flexibility index (Phi) is 8.96. The molecule has 39 heavy (non-hydrogen) atoms. The Balaban J connectivity index is 1.41. The van der Waals surface area contributed by atoms with Gasteiger partial charge in [0.15, 0.2) is 10.7 Å². The van der Waals surface area contributed by atoms with E-state index in [1.165, 1.54) is 9.87 Å². The van der Waals surface area contributed by atoms with Gasteiger partial charge in [-0.05, 0) is 83.1 Å². The third-order valence-electron chi connectivity index (χ3n) is 7.80. The smallest absolute Gasteiger partial charge is 0.309 e. The molecule has 2 saturated heterocycles. The van der Waals surface area contributed by atoms with Gasteiger partial charge in [-0.25, -0.2) is 8.42 Å². The van der Waals surface area contributed by atoms with Crippen molar-refractivity contribution in [1.82, 2.24) is 14.4 Å². The maximum absolute atomic E-state index is 13.7. The Hall–Kier alpha value is -2.98. The highest BCUT2D eigenvalue weighted by molar-refractivity contribution is 7.89. The number of carbonyl (C=O) groups excluding carboxylic acids is 2. The van der Waals surface area contributed by atoms with Crippen LogP contribution in [0.5, 0.6) is 0 Å². The molecular formula is C29H39N3O6S. The average molecular weight is 558 g/mol. The molecular weight excluding hydrogens is 518 g/mol. The SMILES string of the molecule is CCOC(=O)C1CCN(C(=O)C2CCN(S(=O)(=O)c3c(C)noc3C=Cc3c(C)cc(C)cc3C)CC2)CC1. The molecule has 4 rings (SSSR count). The number of aryl methyl sites for hydroxylation is 4. The van der Waals surface area contributed by atoms with E-state index in [-0.39, 0.29) is 47.5 Å². The first-order valence-electron chi connectivity index (χ1n) is 13.7. The van der Waals surface area contributed by atoms with Crippen molar-refractivity contribution in [1.29, 1.82) is 0 Å². The molecule has 0 radical (unpaired) electrons. The molecule has 0 bridgehead atoms. The second kappa shape index (κ2) is 12.0. The van der Waals surface area contributed by atoms with Crippen LogP contribution in [0.25, 0.3) is 12.2 Å². The van der Waals surface area contributed by atoms with E-state index in [1.807, 2.05) is 31.7 Å². The topological polar surface area (TPSA) is 110 Å². The van der Waals surface area contributed by atoms with Crippen molar-refractivity contribution in [3.8, 4) is 0 Å². The number of hydrogen-bond acceptors (Lipinski definition) is 7. The van der Waals surface area contributed by atoms with E-state index in [4.69, 9.17) is 9.26 Å². The lowest BCUT2D eigenvalue weighted by Gasteiger charge is -2.36. The molecule has 0 N–H and O–H groups in total. The van der Waals surface area contributed by atoms with E-state index in [0.29, 0.717) is 51.1 Å². The number of nitrogens with zero attached hydrogens (tertiary/aromatic N) is 3.